The van der Waals surface area contributed by atoms with Crippen LogP contribution in [0.3, 0.4) is 0 Å². The Morgan fingerprint density at radius 2 is 1.92 bits per heavy atom. The van der Waals surface area contributed by atoms with Crippen LogP contribution < -0.4 is 11.1 Å². The van der Waals surface area contributed by atoms with Crippen molar-refractivity contribution in [3.8, 4) is 0 Å². The number of thiophene rings is 1. The van der Waals surface area contributed by atoms with Crippen LogP contribution in [0.1, 0.15) is 39.8 Å². The molecule has 2 amide bonds. The van der Waals surface area contributed by atoms with Crippen molar-refractivity contribution in [2.75, 3.05) is 18.4 Å². The lowest BCUT2D eigenvalue weighted by Gasteiger charge is -2.34. The second-order valence-corrected chi connectivity index (χ2v) is 7.41. The quantitative estimate of drug-likeness (QED) is 0.882. The number of nitrogens with one attached hydrogen (secondary N) is 1. The lowest BCUT2D eigenvalue weighted by Crippen LogP contribution is -2.42. The van der Waals surface area contributed by atoms with E-state index in [2.05, 4.69) is 5.32 Å². The number of anilines is 1. The molecule has 6 heteroatoms. The predicted octanol–water partition coefficient (Wildman–Crippen LogP) is 3.20. The van der Waals surface area contributed by atoms with Crippen LogP contribution in [0.4, 0.5) is 5.69 Å². The zero-order chi connectivity index (χ0) is 17.8. The fourth-order valence-corrected chi connectivity index (χ4v) is 3.79. The van der Waals surface area contributed by atoms with Crippen molar-refractivity contribution in [3.63, 3.8) is 0 Å². The van der Waals surface area contributed by atoms with Crippen molar-refractivity contribution in [1.82, 2.24) is 4.90 Å². The average Bonchev–Trinajstić information content (AvgIpc) is 3.16. The molecule has 1 atom stereocenters. The van der Waals surface area contributed by atoms with Gasteiger partial charge in [0.05, 0.1) is 16.1 Å². The summed E-state index contributed by atoms with van der Waals surface area (Å²) in [5.41, 5.74) is 7.06. The molecule has 0 spiro atoms. The second-order valence-electron chi connectivity index (χ2n) is 6.47. The van der Waals surface area contributed by atoms with E-state index in [9.17, 15) is 9.59 Å². The van der Waals surface area contributed by atoms with Crippen LogP contribution in [0, 0.1) is 5.92 Å². The molecule has 0 saturated carbocycles. The number of hydrogen-bond donors (Lipinski definition) is 2. The van der Waals surface area contributed by atoms with E-state index >= 15 is 0 Å². The summed E-state index contributed by atoms with van der Waals surface area (Å²) in [6.07, 6.45) is 1.85. The van der Waals surface area contributed by atoms with Gasteiger partial charge in [-0.3, -0.25) is 9.59 Å². The number of benzene rings is 1. The van der Waals surface area contributed by atoms with Gasteiger partial charge in [-0.1, -0.05) is 18.2 Å². The Labute approximate surface area is 151 Å². The van der Waals surface area contributed by atoms with Gasteiger partial charge in [-0.15, -0.1) is 11.3 Å². The molecule has 2 aromatic rings. The highest BCUT2D eigenvalue weighted by molar-refractivity contribution is 7.12. The first kappa shape index (κ1) is 17.6. The van der Waals surface area contributed by atoms with Gasteiger partial charge < -0.3 is 16.0 Å². The maximum Gasteiger partial charge on any atom is 0.265 e. The normalized spacial score (nSPS) is 16.5. The van der Waals surface area contributed by atoms with Gasteiger partial charge in [-0.25, -0.2) is 0 Å². The zero-order valence-corrected chi connectivity index (χ0v) is 15.1. The van der Waals surface area contributed by atoms with E-state index in [1.807, 2.05) is 35.4 Å². The number of likely N-dealkylation sites (tertiary alicyclic amines) is 1. The van der Waals surface area contributed by atoms with E-state index in [-0.39, 0.29) is 17.9 Å². The van der Waals surface area contributed by atoms with Crippen LogP contribution in [0.25, 0.3) is 0 Å². The van der Waals surface area contributed by atoms with Gasteiger partial charge in [0.1, 0.15) is 0 Å². The molecule has 3 N–H and O–H groups in total. The topological polar surface area (TPSA) is 75.4 Å². The molecule has 1 aliphatic rings. The molecule has 1 fully saturated rings. The largest absolute Gasteiger partial charge is 0.339 e. The Kier molecular flexibility index (Phi) is 5.50. The molecule has 1 aromatic carbocycles. The summed E-state index contributed by atoms with van der Waals surface area (Å²) in [5, 5.41) is 4.72. The first-order chi connectivity index (χ1) is 12.1. The van der Waals surface area contributed by atoms with Crippen molar-refractivity contribution in [1.29, 1.82) is 0 Å². The first-order valence-electron chi connectivity index (χ1n) is 8.55. The van der Waals surface area contributed by atoms with E-state index in [0.29, 0.717) is 35.1 Å². The number of carbonyl (C=O) groups is 2. The smallest absolute Gasteiger partial charge is 0.265 e. The van der Waals surface area contributed by atoms with Gasteiger partial charge in [0.15, 0.2) is 0 Å². The van der Waals surface area contributed by atoms with Gasteiger partial charge in [0.25, 0.3) is 11.8 Å². The maximum absolute atomic E-state index is 12.9. The Morgan fingerprint density at radius 3 is 2.56 bits per heavy atom. The van der Waals surface area contributed by atoms with E-state index < -0.39 is 0 Å². The Morgan fingerprint density at radius 1 is 1.20 bits per heavy atom. The maximum atomic E-state index is 12.9. The summed E-state index contributed by atoms with van der Waals surface area (Å²) < 4.78 is 0. The lowest BCUT2D eigenvalue weighted by atomic mass is 9.90. The summed E-state index contributed by atoms with van der Waals surface area (Å²) in [6, 6.07) is 10.9. The molecule has 5 nitrogen and oxygen atoms in total. The number of hydrogen-bond acceptors (Lipinski definition) is 4. The van der Waals surface area contributed by atoms with Crippen LogP contribution in [0.2, 0.25) is 0 Å². The summed E-state index contributed by atoms with van der Waals surface area (Å²) >= 11 is 1.38. The molecule has 25 heavy (non-hydrogen) atoms. The number of amides is 2. The highest BCUT2D eigenvalue weighted by Crippen LogP contribution is 2.24. The molecule has 1 saturated heterocycles. The number of nitrogens with two attached hydrogens (primary N) is 1. The number of rotatable bonds is 4. The SMILES string of the molecule is CC(N)C1CCN(C(=O)c2ccccc2NC(=O)c2cccs2)CC1. The summed E-state index contributed by atoms with van der Waals surface area (Å²) in [7, 11) is 0. The zero-order valence-electron chi connectivity index (χ0n) is 14.3. The fourth-order valence-electron chi connectivity index (χ4n) is 3.17. The first-order valence-corrected chi connectivity index (χ1v) is 9.43. The highest BCUT2D eigenvalue weighted by Gasteiger charge is 2.26. The van der Waals surface area contributed by atoms with Crippen molar-refractivity contribution < 1.29 is 9.59 Å². The van der Waals surface area contributed by atoms with Crippen molar-refractivity contribution in [2.24, 2.45) is 11.7 Å². The Balaban J connectivity index is 1.72. The summed E-state index contributed by atoms with van der Waals surface area (Å²) in [6.45, 7) is 3.44. The van der Waals surface area contributed by atoms with Crippen LogP contribution in [-0.4, -0.2) is 35.8 Å². The van der Waals surface area contributed by atoms with Crippen LogP contribution >= 0.6 is 11.3 Å². The monoisotopic (exact) mass is 357 g/mol. The van der Waals surface area contributed by atoms with Crippen LogP contribution in [-0.2, 0) is 0 Å². The van der Waals surface area contributed by atoms with Crippen LogP contribution in [0.5, 0.6) is 0 Å². The molecular weight excluding hydrogens is 334 g/mol. The van der Waals surface area contributed by atoms with Crippen molar-refractivity contribution in [3.05, 3.63) is 52.2 Å². The average molecular weight is 357 g/mol. The third kappa shape index (κ3) is 4.08. The molecule has 132 valence electrons. The van der Waals surface area contributed by atoms with Gasteiger partial charge in [0, 0.05) is 19.1 Å². The Hall–Kier alpha value is -2.18. The summed E-state index contributed by atoms with van der Waals surface area (Å²) in [5.74, 6) is 0.244. The van der Waals surface area contributed by atoms with Gasteiger partial charge >= 0.3 is 0 Å². The molecule has 1 aromatic heterocycles. The predicted molar refractivity (Wildman–Crippen MR) is 101 cm³/mol. The standard InChI is InChI=1S/C19H23N3O2S/c1-13(20)14-8-10-22(11-9-14)19(24)15-5-2-3-6-16(15)21-18(23)17-7-4-12-25-17/h2-7,12-14H,8-11,20H2,1H3,(H,21,23). The van der Waals surface area contributed by atoms with Crippen molar-refractivity contribution in [2.45, 2.75) is 25.8 Å². The van der Waals surface area contributed by atoms with Crippen molar-refractivity contribution >= 4 is 28.8 Å². The minimum Gasteiger partial charge on any atom is -0.339 e. The number of carbonyl (C=O) groups excluding carboxylic acids is 2. The van der Waals surface area contributed by atoms with E-state index in [1.165, 1.54) is 11.3 Å². The number of para-hydroxylation sites is 1. The minimum atomic E-state index is -0.189. The summed E-state index contributed by atoms with van der Waals surface area (Å²) in [4.78, 5) is 27.7. The minimum absolute atomic E-state index is 0.0368. The Bertz CT molecular complexity index is 735. The molecule has 1 unspecified atom stereocenters. The molecule has 3 rings (SSSR count). The third-order valence-electron chi connectivity index (χ3n) is 4.72. The molecule has 1 aliphatic heterocycles. The van der Waals surface area contributed by atoms with Crippen LogP contribution in [0.15, 0.2) is 41.8 Å². The fraction of sp³-hybridized carbons (Fsp3) is 0.368. The molecule has 0 radical (unpaired) electrons. The van der Waals surface area contributed by atoms with Gasteiger partial charge in [-0.05, 0) is 49.3 Å². The van der Waals surface area contributed by atoms with E-state index in [0.717, 1.165) is 12.8 Å². The highest BCUT2D eigenvalue weighted by atomic mass is 32.1. The third-order valence-corrected chi connectivity index (χ3v) is 5.59. The lowest BCUT2D eigenvalue weighted by molar-refractivity contribution is 0.0682. The molecular formula is C19H23N3O2S. The van der Waals surface area contributed by atoms with E-state index in [1.54, 1.807) is 18.2 Å². The molecule has 0 aliphatic carbocycles. The molecule has 2 heterocycles. The number of piperidine rings is 1. The number of nitrogens with zero attached hydrogens (tertiary/aromatic N) is 1. The second kappa shape index (κ2) is 7.80. The van der Waals surface area contributed by atoms with Gasteiger partial charge in [0.2, 0.25) is 0 Å². The van der Waals surface area contributed by atoms with E-state index in [4.69, 9.17) is 5.73 Å². The van der Waals surface area contributed by atoms with Gasteiger partial charge in [-0.2, -0.15) is 0 Å². The molecule has 0 bridgehead atoms.